The molecule has 24 heavy (non-hydrogen) atoms. The third-order valence-corrected chi connectivity index (χ3v) is 4.94. The SMILES string of the molecule is CC(c1ccc2cccnc2n1)N1CCN(C(=N)SC(=N)N)CC1. The van der Waals surface area contributed by atoms with Crippen molar-refractivity contribution in [1.82, 2.24) is 19.8 Å². The summed E-state index contributed by atoms with van der Waals surface area (Å²) in [6.07, 6.45) is 1.76. The second-order valence-electron chi connectivity index (χ2n) is 5.76. The molecule has 0 amide bonds. The standard InChI is InChI=1S/C16H21N7S/c1-11(13-5-4-12-3-2-6-20-14(12)21-13)22-7-9-23(10-8-22)16(19)24-15(17)18/h2-6,11,19H,7-10H2,1H3,(H3,17,18). The van der Waals surface area contributed by atoms with Gasteiger partial charge in [-0.1, -0.05) is 0 Å². The number of hydrogen-bond acceptors (Lipinski definition) is 6. The minimum Gasteiger partial charge on any atom is -0.378 e. The number of hydrogen-bond donors (Lipinski definition) is 3. The van der Waals surface area contributed by atoms with E-state index in [1.165, 1.54) is 0 Å². The van der Waals surface area contributed by atoms with Gasteiger partial charge in [0.15, 0.2) is 16.0 Å². The predicted octanol–water partition coefficient (Wildman–Crippen LogP) is 1.87. The Balaban J connectivity index is 1.64. The maximum Gasteiger partial charge on any atom is 0.164 e. The Morgan fingerprint density at radius 3 is 2.67 bits per heavy atom. The Kier molecular flexibility index (Phi) is 4.96. The van der Waals surface area contributed by atoms with Crippen molar-refractivity contribution in [3.8, 4) is 0 Å². The monoisotopic (exact) mass is 343 g/mol. The first-order valence-electron chi connectivity index (χ1n) is 7.85. The average molecular weight is 343 g/mol. The largest absolute Gasteiger partial charge is 0.378 e. The topological polar surface area (TPSA) is 106 Å². The van der Waals surface area contributed by atoms with Gasteiger partial charge in [-0.25, -0.2) is 9.97 Å². The number of piperazine rings is 1. The molecule has 8 heteroatoms. The van der Waals surface area contributed by atoms with E-state index in [1.807, 2.05) is 17.0 Å². The van der Waals surface area contributed by atoms with Crippen molar-refractivity contribution < 1.29 is 0 Å². The Morgan fingerprint density at radius 2 is 1.96 bits per heavy atom. The number of nitrogens with one attached hydrogen (secondary N) is 2. The molecule has 2 aromatic rings. The molecule has 0 bridgehead atoms. The first-order chi connectivity index (χ1) is 11.5. The van der Waals surface area contributed by atoms with E-state index in [2.05, 4.69) is 33.9 Å². The number of rotatable bonds is 2. The van der Waals surface area contributed by atoms with E-state index in [4.69, 9.17) is 16.6 Å². The highest BCUT2D eigenvalue weighted by atomic mass is 32.2. The second-order valence-corrected chi connectivity index (χ2v) is 6.79. The van der Waals surface area contributed by atoms with E-state index in [0.29, 0.717) is 5.17 Å². The molecule has 7 nitrogen and oxygen atoms in total. The molecule has 0 aromatic carbocycles. The van der Waals surface area contributed by atoms with Gasteiger partial charge in [-0.2, -0.15) is 0 Å². The van der Waals surface area contributed by atoms with E-state index in [0.717, 1.165) is 54.7 Å². The molecular weight excluding hydrogens is 322 g/mol. The number of nitrogens with zero attached hydrogens (tertiary/aromatic N) is 4. The summed E-state index contributed by atoms with van der Waals surface area (Å²) in [6.45, 7) is 5.38. The van der Waals surface area contributed by atoms with E-state index < -0.39 is 0 Å². The molecule has 1 fully saturated rings. The molecule has 0 radical (unpaired) electrons. The summed E-state index contributed by atoms with van der Waals surface area (Å²) < 4.78 is 0. The van der Waals surface area contributed by atoms with Crippen LogP contribution in [0.1, 0.15) is 18.7 Å². The Hall–Kier alpha value is -2.19. The van der Waals surface area contributed by atoms with Crippen LogP contribution in [0.3, 0.4) is 0 Å². The van der Waals surface area contributed by atoms with Gasteiger partial charge in [0.25, 0.3) is 0 Å². The summed E-state index contributed by atoms with van der Waals surface area (Å²) in [5, 5.41) is 16.6. The van der Waals surface area contributed by atoms with Gasteiger partial charge < -0.3 is 10.6 Å². The molecule has 2 aromatic heterocycles. The van der Waals surface area contributed by atoms with Crippen LogP contribution in [0.15, 0.2) is 30.5 Å². The van der Waals surface area contributed by atoms with Crippen LogP contribution < -0.4 is 5.73 Å². The maximum atomic E-state index is 7.97. The third kappa shape index (κ3) is 3.65. The van der Waals surface area contributed by atoms with Crippen LogP contribution >= 0.6 is 11.8 Å². The predicted molar refractivity (Wildman–Crippen MR) is 98.3 cm³/mol. The van der Waals surface area contributed by atoms with Gasteiger partial charge in [0.2, 0.25) is 0 Å². The van der Waals surface area contributed by atoms with E-state index in [1.54, 1.807) is 6.20 Å². The lowest BCUT2D eigenvalue weighted by atomic mass is 10.1. The summed E-state index contributed by atoms with van der Waals surface area (Å²) in [7, 11) is 0. The highest BCUT2D eigenvalue weighted by Crippen LogP contribution is 2.22. The third-order valence-electron chi connectivity index (χ3n) is 4.27. The number of amidine groups is 2. The van der Waals surface area contributed by atoms with Crippen LogP contribution in [0.5, 0.6) is 0 Å². The Labute approximate surface area is 145 Å². The van der Waals surface area contributed by atoms with Crippen molar-refractivity contribution >= 4 is 33.1 Å². The van der Waals surface area contributed by atoms with E-state index in [9.17, 15) is 0 Å². The van der Waals surface area contributed by atoms with Gasteiger partial charge in [0, 0.05) is 43.8 Å². The van der Waals surface area contributed by atoms with E-state index in [-0.39, 0.29) is 11.2 Å². The molecule has 0 spiro atoms. The summed E-state index contributed by atoms with van der Waals surface area (Å²) in [6, 6.07) is 8.26. The van der Waals surface area contributed by atoms with Crippen LogP contribution in [0.4, 0.5) is 0 Å². The molecule has 1 aliphatic rings. The smallest absolute Gasteiger partial charge is 0.164 e. The van der Waals surface area contributed by atoms with Crippen molar-refractivity contribution in [2.24, 2.45) is 5.73 Å². The lowest BCUT2D eigenvalue weighted by Crippen LogP contribution is -2.48. The minimum absolute atomic E-state index is 0.0383. The van der Waals surface area contributed by atoms with E-state index >= 15 is 0 Å². The lowest BCUT2D eigenvalue weighted by molar-refractivity contribution is 0.140. The molecule has 3 heterocycles. The molecular formula is C16H21N7S. The average Bonchev–Trinajstić information content (AvgIpc) is 2.60. The highest BCUT2D eigenvalue weighted by Gasteiger charge is 2.24. The number of aromatic nitrogens is 2. The maximum absolute atomic E-state index is 7.97. The first kappa shape index (κ1) is 16.7. The van der Waals surface area contributed by atoms with Gasteiger partial charge in [-0.15, -0.1) is 0 Å². The summed E-state index contributed by atoms with van der Waals surface area (Å²) in [4.78, 5) is 13.3. The Morgan fingerprint density at radius 1 is 1.21 bits per heavy atom. The number of fused-ring (bicyclic) bond motifs is 1. The molecule has 1 unspecified atom stereocenters. The summed E-state index contributed by atoms with van der Waals surface area (Å²) >= 11 is 1.000. The fourth-order valence-corrected chi connectivity index (χ4v) is 3.39. The van der Waals surface area contributed by atoms with Gasteiger partial charge in [0.1, 0.15) is 0 Å². The van der Waals surface area contributed by atoms with Crippen molar-refractivity contribution in [1.29, 1.82) is 10.8 Å². The highest BCUT2D eigenvalue weighted by molar-refractivity contribution is 8.26. The van der Waals surface area contributed by atoms with Crippen molar-refractivity contribution in [3.05, 3.63) is 36.2 Å². The van der Waals surface area contributed by atoms with Gasteiger partial charge in [-0.3, -0.25) is 15.7 Å². The van der Waals surface area contributed by atoms with Crippen LogP contribution in [-0.2, 0) is 0 Å². The molecule has 126 valence electrons. The van der Waals surface area contributed by atoms with Crippen LogP contribution in [0.25, 0.3) is 11.0 Å². The summed E-state index contributed by atoms with van der Waals surface area (Å²) in [5.41, 5.74) is 7.15. The van der Waals surface area contributed by atoms with Gasteiger partial charge in [0.05, 0.1) is 5.69 Å². The second kappa shape index (κ2) is 7.14. The number of thioether (sulfide) groups is 1. The van der Waals surface area contributed by atoms with Crippen molar-refractivity contribution in [3.63, 3.8) is 0 Å². The minimum atomic E-state index is -0.0383. The first-order valence-corrected chi connectivity index (χ1v) is 8.67. The fraction of sp³-hybridized carbons (Fsp3) is 0.375. The molecule has 3 rings (SSSR count). The molecule has 0 aliphatic carbocycles. The molecule has 1 atom stereocenters. The quantitative estimate of drug-likeness (QED) is 0.568. The van der Waals surface area contributed by atoms with Crippen LogP contribution in [0, 0.1) is 10.8 Å². The van der Waals surface area contributed by atoms with Crippen molar-refractivity contribution in [2.75, 3.05) is 26.2 Å². The Bertz CT molecular complexity index is 755. The fourth-order valence-electron chi connectivity index (χ4n) is 2.87. The normalized spacial score (nSPS) is 17.0. The van der Waals surface area contributed by atoms with Crippen LogP contribution in [0.2, 0.25) is 0 Å². The van der Waals surface area contributed by atoms with Crippen molar-refractivity contribution in [2.45, 2.75) is 13.0 Å². The van der Waals surface area contributed by atoms with Crippen LogP contribution in [-0.4, -0.2) is 56.3 Å². The zero-order valence-electron chi connectivity index (χ0n) is 13.6. The van der Waals surface area contributed by atoms with Gasteiger partial charge in [-0.05, 0) is 43.0 Å². The zero-order chi connectivity index (χ0) is 17.1. The summed E-state index contributed by atoms with van der Waals surface area (Å²) in [5.74, 6) is 0. The molecule has 1 saturated heterocycles. The van der Waals surface area contributed by atoms with Gasteiger partial charge >= 0.3 is 0 Å². The number of nitrogens with two attached hydrogens (primary N) is 1. The number of pyridine rings is 2. The molecule has 4 N–H and O–H groups in total. The molecule has 0 saturated carbocycles. The zero-order valence-corrected chi connectivity index (χ0v) is 14.4. The molecule has 1 aliphatic heterocycles. The lowest BCUT2D eigenvalue weighted by Gasteiger charge is -2.38.